The molecule has 180 valence electrons. The van der Waals surface area contributed by atoms with E-state index in [1.165, 1.54) is 23.8 Å². The number of hydrogen-bond donors (Lipinski definition) is 0. The van der Waals surface area contributed by atoms with Gasteiger partial charge in [0.05, 0.1) is 22.0 Å². The molecule has 1 fully saturated rings. The van der Waals surface area contributed by atoms with Crippen molar-refractivity contribution in [2.75, 3.05) is 0 Å². The Labute approximate surface area is 206 Å². The molecule has 0 aliphatic heterocycles. The van der Waals surface area contributed by atoms with Gasteiger partial charge in [-0.25, -0.2) is 9.67 Å². The molecule has 0 spiro atoms. The summed E-state index contributed by atoms with van der Waals surface area (Å²) in [5.74, 6) is 0. The minimum atomic E-state index is -0.370. The topological polar surface area (TPSA) is 87.4 Å². The highest BCUT2D eigenvalue weighted by molar-refractivity contribution is 7.07. The van der Waals surface area contributed by atoms with Crippen LogP contribution in [0.2, 0.25) is 0 Å². The molecule has 0 atom stereocenters. The second kappa shape index (κ2) is 9.50. The van der Waals surface area contributed by atoms with Crippen molar-refractivity contribution < 1.29 is 4.92 Å². The fraction of sp³-hybridized carbons (Fsp3) is 0.308. The van der Waals surface area contributed by atoms with Crippen LogP contribution in [-0.4, -0.2) is 18.9 Å². The lowest BCUT2D eigenvalue weighted by atomic mass is 9.95. The average molecular weight is 490 g/mol. The van der Waals surface area contributed by atoms with E-state index in [-0.39, 0.29) is 22.2 Å². The van der Waals surface area contributed by atoms with E-state index in [4.69, 9.17) is 4.99 Å². The van der Waals surface area contributed by atoms with E-state index < -0.39 is 0 Å². The Kier molecular flexibility index (Phi) is 6.25. The van der Waals surface area contributed by atoms with Gasteiger partial charge in [0.15, 0.2) is 10.5 Å². The molecule has 2 heterocycles. The van der Waals surface area contributed by atoms with Gasteiger partial charge in [-0.3, -0.25) is 19.6 Å². The monoisotopic (exact) mass is 489 g/mol. The van der Waals surface area contributed by atoms with Crippen LogP contribution in [0.5, 0.6) is 0 Å². The molecule has 4 aromatic rings. The standard InChI is InChI=1S/C26H27N5O3S/c1-18-24(25(32)30(28(18)2)21-13-7-4-8-14-21)27-26-29(20-11-5-3-6-12-20)23(17-35-26)19-10-9-15-22(16-19)31(33)34/h4,7-10,13-17,20H,3,5-6,11-12H2,1-2H3. The first-order chi connectivity index (χ1) is 17.0. The van der Waals surface area contributed by atoms with Gasteiger partial charge in [-0.15, -0.1) is 11.3 Å². The summed E-state index contributed by atoms with van der Waals surface area (Å²) in [6, 6.07) is 16.5. The molecular formula is C26H27N5O3S. The van der Waals surface area contributed by atoms with Gasteiger partial charge in [0.2, 0.25) is 0 Å². The summed E-state index contributed by atoms with van der Waals surface area (Å²) >= 11 is 1.47. The number of para-hydroxylation sites is 1. The number of benzene rings is 2. The molecule has 0 N–H and O–H groups in total. The molecule has 0 unspecified atom stereocenters. The minimum absolute atomic E-state index is 0.0621. The zero-order valence-electron chi connectivity index (χ0n) is 19.8. The van der Waals surface area contributed by atoms with Crippen molar-refractivity contribution in [3.63, 3.8) is 0 Å². The summed E-state index contributed by atoms with van der Waals surface area (Å²) in [5, 5.41) is 13.4. The van der Waals surface area contributed by atoms with Gasteiger partial charge in [0.25, 0.3) is 11.2 Å². The molecule has 0 saturated heterocycles. The van der Waals surface area contributed by atoms with E-state index in [2.05, 4.69) is 4.57 Å². The highest BCUT2D eigenvalue weighted by Crippen LogP contribution is 2.33. The maximum atomic E-state index is 13.5. The Morgan fingerprint density at radius 2 is 1.80 bits per heavy atom. The highest BCUT2D eigenvalue weighted by Gasteiger charge is 2.22. The lowest BCUT2D eigenvalue weighted by Gasteiger charge is -2.25. The van der Waals surface area contributed by atoms with Crippen LogP contribution in [0.4, 0.5) is 11.4 Å². The maximum absolute atomic E-state index is 13.5. The van der Waals surface area contributed by atoms with Crippen molar-refractivity contribution in [2.45, 2.75) is 45.1 Å². The maximum Gasteiger partial charge on any atom is 0.297 e. The van der Waals surface area contributed by atoms with E-state index in [1.807, 2.05) is 60.4 Å². The van der Waals surface area contributed by atoms with Crippen LogP contribution in [-0.2, 0) is 7.05 Å². The molecule has 35 heavy (non-hydrogen) atoms. The molecule has 1 aliphatic rings. The largest absolute Gasteiger partial charge is 0.313 e. The fourth-order valence-electron chi connectivity index (χ4n) is 4.86. The van der Waals surface area contributed by atoms with Gasteiger partial charge in [-0.2, -0.15) is 0 Å². The summed E-state index contributed by atoms with van der Waals surface area (Å²) in [7, 11) is 1.86. The Morgan fingerprint density at radius 3 is 2.51 bits per heavy atom. The Balaban J connectivity index is 1.70. The molecule has 8 nitrogen and oxygen atoms in total. The smallest absolute Gasteiger partial charge is 0.297 e. The Morgan fingerprint density at radius 1 is 1.06 bits per heavy atom. The van der Waals surface area contributed by atoms with Crippen LogP contribution in [0.1, 0.15) is 43.8 Å². The third-order valence-electron chi connectivity index (χ3n) is 6.77. The number of aromatic nitrogens is 3. The summed E-state index contributed by atoms with van der Waals surface area (Å²) in [5.41, 5.74) is 3.56. The predicted molar refractivity (Wildman–Crippen MR) is 137 cm³/mol. The first-order valence-electron chi connectivity index (χ1n) is 11.8. The van der Waals surface area contributed by atoms with Crippen molar-refractivity contribution in [1.29, 1.82) is 0 Å². The zero-order valence-corrected chi connectivity index (χ0v) is 20.6. The number of nitro benzene ring substituents is 1. The molecule has 2 aromatic heterocycles. The molecule has 9 heteroatoms. The van der Waals surface area contributed by atoms with E-state index in [9.17, 15) is 14.9 Å². The van der Waals surface area contributed by atoms with E-state index >= 15 is 0 Å². The van der Waals surface area contributed by atoms with E-state index in [1.54, 1.807) is 16.8 Å². The summed E-state index contributed by atoms with van der Waals surface area (Å²) in [4.78, 5) is 30.1. The van der Waals surface area contributed by atoms with Gasteiger partial charge in [0.1, 0.15) is 0 Å². The molecular weight excluding hydrogens is 462 g/mol. The molecule has 5 rings (SSSR count). The number of thiazole rings is 1. The number of rotatable bonds is 5. The molecule has 1 aliphatic carbocycles. The number of nitrogens with zero attached hydrogens (tertiary/aromatic N) is 5. The third kappa shape index (κ3) is 4.27. The number of non-ortho nitro benzene ring substituents is 1. The Hall–Kier alpha value is -3.72. The van der Waals surface area contributed by atoms with Gasteiger partial charge < -0.3 is 4.57 Å². The van der Waals surface area contributed by atoms with Gasteiger partial charge in [0, 0.05) is 36.2 Å². The second-order valence-electron chi connectivity index (χ2n) is 8.89. The minimum Gasteiger partial charge on any atom is -0.313 e. The Bertz CT molecular complexity index is 1500. The van der Waals surface area contributed by atoms with Crippen LogP contribution < -0.4 is 10.4 Å². The van der Waals surface area contributed by atoms with E-state index in [0.29, 0.717) is 5.69 Å². The van der Waals surface area contributed by atoms with Crippen LogP contribution in [0, 0.1) is 17.0 Å². The summed E-state index contributed by atoms with van der Waals surface area (Å²) in [6.45, 7) is 1.90. The van der Waals surface area contributed by atoms with E-state index in [0.717, 1.165) is 53.1 Å². The summed E-state index contributed by atoms with van der Waals surface area (Å²) < 4.78 is 5.66. The zero-order chi connectivity index (χ0) is 24.5. The third-order valence-corrected chi connectivity index (χ3v) is 7.61. The molecule has 1 saturated carbocycles. The van der Waals surface area contributed by atoms with Crippen LogP contribution in [0.3, 0.4) is 0 Å². The predicted octanol–water partition coefficient (Wildman–Crippen LogP) is 5.66. The summed E-state index contributed by atoms with van der Waals surface area (Å²) in [6.07, 6.45) is 5.51. The molecule has 0 radical (unpaired) electrons. The lowest BCUT2D eigenvalue weighted by Crippen LogP contribution is -2.24. The fourth-order valence-corrected chi connectivity index (χ4v) is 5.83. The van der Waals surface area contributed by atoms with Crippen molar-refractivity contribution in [3.05, 3.63) is 90.9 Å². The number of hydrogen-bond acceptors (Lipinski definition) is 5. The van der Waals surface area contributed by atoms with Crippen molar-refractivity contribution in [2.24, 2.45) is 12.0 Å². The van der Waals surface area contributed by atoms with Crippen molar-refractivity contribution in [3.8, 4) is 16.9 Å². The van der Waals surface area contributed by atoms with Crippen LogP contribution >= 0.6 is 11.3 Å². The highest BCUT2D eigenvalue weighted by atomic mass is 32.1. The molecule has 2 aromatic carbocycles. The van der Waals surface area contributed by atoms with Gasteiger partial charge in [-0.1, -0.05) is 49.6 Å². The van der Waals surface area contributed by atoms with Crippen molar-refractivity contribution in [1.82, 2.24) is 13.9 Å². The van der Waals surface area contributed by atoms with Crippen molar-refractivity contribution >= 4 is 22.7 Å². The van der Waals surface area contributed by atoms with Gasteiger partial charge >= 0.3 is 0 Å². The SMILES string of the molecule is Cc1c(N=c2scc(-c3cccc([N+](=O)[O-])c3)n2C2CCCCC2)c(=O)n(-c2ccccc2)n1C. The first kappa shape index (κ1) is 23.0. The molecule has 0 amide bonds. The van der Waals surface area contributed by atoms with Crippen LogP contribution in [0.25, 0.3) is 16.9 Å². The average Bonchev–Trinajstić information content (AvgIpc) is 3.40. The first-order valence-corrected chi connectivity index (χ1v) is 12.7. The van der Waals surface area contributed by atoms with Crippen LogP contribution in [0.15, 0.2) is 69.8 Å². The second-order valence-corrected chi connectivity index (χ2v) is 9.73. The quantitative estimate of drug-likeness (QED) is 0.268. The normalized spacial score (nSPS) is 15.0. The number of nitro groups is 1. The molecule has 0 bridgehead atoms. The van der Waals surface area contributed by atoms with Gasteiger partial charge in [-0.05, 0) is 31.9 Å². The lowest BCUT2D eigenvalue weighted by molar-refractivity contribution is -0.384.